The van der Waals surface area contributed by atoms with Crippen molar-refractivity contribution in [1.82, 2.24) is 5.32 Å². The fraction of sp³-hybridized carbons (Fsp3) is 0.500. The highest BCUT2D eigenvalue weighted by Gasteiger charge is 2.21. The third-order valence-electron chi connectivity index (χ3n) is 3.50. The molecule has 104 valence electrons. The van der Waals surface area contributed by atoms with Crippen molar-refractivity contribution in [2.45, 2.75) is 25.7 Å². The van der Waals surface area contributed by atoms with Gasteiger partial charge in [0.15, 0.2) is 11.6 Å². The Morgan fingerprint density at radius 2 is 2.21 bits per heavy atom. The summed E-state index contributed by atoms with van der Waals surface area (Å²) in [6, 6.07) is 2.38. The van der Waals surface area contributed by atoms with Crippen LogP contribution >= 0.6 is 15.9 Å². The highest BCUT2D eigenvalue weighted by molar-refractivity contribution is 9.10. The van der Waals surface area contributed by atoms with Crippen LogP contribution in [0.3, 0.4) is 0 Å². The van der Waals surface area contributed by atoms with Crippen molar-refractivity contribution >= 4 is 21.7 Å². The Bertz CT molecular complexity index is 473. The Morgan fingerprint density at radius 1 is 1.42 bits per heavy atom. The molecule has 1 aliphatic rings. The van der Waals surface area contributed by atoms with E-state index in [1.54, 1.807) is 0 Å². The van der Waals surface area contributed by atoms with Gasteiger partial charge in [-0.2, -0.15) is 0 Å². The maximum Gasteiger partial charge on any atom is 0.168 e. The molecule has 0 spiro atoms. The molecule has 0 aromatic heterocycles. The first-order chi connectivity index (χ1) is 9.09. The maximum absolute atomic E-state index is 13.8. The van der Waals surface area contributed by atoms with Crippen molar-refractivity contribution in [2.24, 2.45) is 5.92 Å². The van der Waals surface area contributed by atoms with Crippen LogP contribution in [-0.2, 0) is 0 Å². The molecule has 2 nitrogen and oxygen atoms in total. The van der Waals surface area contributed by atoms with E-state index < -0.39 is 23.0 Å². The molecule has 1 unspecified atom stereocenters. The molecule has 1 atom stereocenters. The number of piperidine rings is 1. The number of Topliss-reactive ketones (excluding diaryl/α,β-unsaturated/α-hetero) is 1. The fourth-order valence-electron chi connectivity index (χ4n) is 2.41. The summed E-state index contributed by atoms with van der Waals surface area (Å²) in [6.07, 6.45) is 3.04. The van der Waals surface area contributed by atoms with Gasteiger partial charge in [-0.15, -0.1) is 0 Å². The monoisotopic (exact) mass is 331 g/mol. The molecule has 2 rings (SSSR count). The van der Waals surface area contributed by atoms with Gasteiger partial charge in [0.1, 0.15) is 5.82 Å². The molecule has 0 radical (unpaired) electrons. The molecule has 1 aromatic carbocycles. The van der Waals surface area contributed by atoms with Crippen LogP contribution < -0.4 is 5.32 Å². The quantitative estimate of drug-likeness (QED) is 0.673. The third-order valence-corrected chi connectivity index (χ3v) is 4.11. The van der Waals surface area contributed by atoms with Crippen LogP contribution in [0.4, 0.5) is 8.78 Å². The zero-order valence-corrected chi connectivity index (χ0v) is 12.1. The van der Waals surface area contributed by atoms with Crippen molar-refractivity contribution in [3.63, 3.8) is 0 Å². The van der Waals surface area contributed by atoms with Crippen molar-refractivity contribution in [1.29, 1.82) is 0 Å². The lowest BCUT2D eigenvalue weighted by Gasteiger charge is -2.22. The molecule has 19 heavy (non-hydrogen) atoms. The van der Waals surface area contributed by atoms with Crippen molar-refractivity contribution in [3.05, 3.63) is 33.8 Å². The molecule has 1 aliphatic heterocycles. The number of carbonyl (C=O) groups excluding carboxylic acids is 1. The molecule has 0 saturated carbocycles. The lowest BCUT2D eigenvalue weighted by Crippen LogP contribution is -2.30. The number of hydrogen-bond acceptors (Lipinski definition) is 2. The van der Waals surface area contributed by atoms with Crippen LogP contribution in [0.1, 0.15) is 36.0 Å². The number of benzene rings is 1. The summed E-state index contributed by atoms with van der Waals surface area (Å²) in [5.74, 6) is -1.61. The van der Waals surface area contributed by atoms with Crippen LogP contribution in [0.2, 0.25) is 0 Å². The Kier molecular flexibility index (Phi) is 5.05. The Labute approximate surface area is 119 Å². The van der Waals surface area contributed by atoms with E-state index in [-0.39, 0.29) is 10.9 Å². The number of ketones is 1. The van der Waals surface area contributed by atoms with Gasteiger partial charge in [-0.05, 0) is 66.3 Å². The van der Waals surface area contributed by atoms with Gasteiger partial charge in [0.25, 0.3) is 0 Å². The molecular weight excluding hydrogens is 316 g/mol. The van der Waals surface area contributed by atoms with E-state index in [0.717, 1.165) is 32.0 Å². The second-order valence-electron chi connectivity index (χ2n) is 4.89. The van der Waals surface area contributed by atoms with Crippen molar-refractivity contribution in [2.75, 3.05) is 13.1 Å². The molecule has 1 fully saturated rings. The number of nitrogens with one attached hydrogen (secondary N) is 1. The number of rotatable bonds is 4. The van der Waals surface area contributed by atoms with Crippen LogP contribution in [-0.4, -0.2) is 18.9 Å². The second-order valence-corrected chi connectivity index (χ2v) is 5.75. The molecule has 1 heterocycles. The van der Waals surface area contributed by atoms with Gasteiger partial charge >= 0.3 is 0 Å². The van der Waals surface area contributed by atoms with E-state index in [9.17, 15) is 13.6 Å². The third kappa shape index (κ3) is 3.60. The highest BCUT2D eigenvalue weighted by atomic mass is 79.9. The van der Waals surface area contributed by atoms with Gasteiger partial charge in [0.05, 0.1) is 10.0 Å². The van der Waals surface area contributed by atoms with Crippen LogP contribution in [0.5, 0.6) is 0 Å². The maximum atomic E-state index is 13.8. The second kappa shape index (κ2) is 6.57. The minimum atomic E-state index is -0.799. The van der Waals surface area contributed by atoms with Crippen LogP contribution in [0, 0.1) is 17.6 Å². The molecule has 0 amide bonds. The first-order valence-electron chi connectivity index (χ1n) is 6.47. The Morgan fingerprint density at radius 3 is 2.89 bits per heavy atom. The molecule has 1 saturated heterocycles. The van der Waals surface area contributed by atoms with Crippen LogP contribution in [0.15, 0.2) is 16.6 Å². The normalized spacial score (nSPS) is 19.4. The summed E-state index contributed by atoms with van der Waals surface area (Å²) < 4.78 is 27.4. The molecule has 5 heteroatoms. The van der Waals surface area contributed by atoms with Crippen molar-refractivity contribution in [3.8, 4) is 0 Å². The Hall–Kier alpha value is -0.810. The van der Waals surface area contributed by atoms with Crippen molar-refractivity contribution < 1.29 is 13.6 Å². The predicted octanol–water partition coefficient (Wildman–Crippen LogP) is 3.69. The average Bonchev–Trinajstić information content (AvgIpc) is 2.42. The predicted molar refractivity (Wildman–Crippen MR) is 73.2 cm³/mol. The van der Waals surface area contributed by atoms with Crippen LogP contribution in [0.25, 0.3) is 0 Å². The minimum Gasteiger partial charge on any atom is -0.316 e. The SMILES string of the molecule is O=C(CCC1CCCNC1)c1c(F)ccc(Br)c1F. The van der Waals surface area contributed by atoms with E-state index in [1.807, 2.05) is 0 Å². The summed E-state index contributed by atoms with van der Waals surface area (Å²) in [6.45, 7) is 1.90. The summed E-state index contributed by atoms with van der Waals surface area (Å²) in [5, 5.41) is 3.26. The number of carbonyl (C=O) groups is 1. The lowest BCUT2D eigenvalue weighted by atomic mass is 9.92. The summed E-state index contributed by atoms with van der Waals surface area (Å²) >= 11 is 2.97. The standard InChI is InChI=1S/C14H16BrF2NO/c15-10-4-5-11(16)13(14(10)17)12(19)6-3-9-2-1-7-18-8-9/h4-5,9,18H,1-3,6-8H2. The zero-order chi connectivity index (χ0) is 13.8. The van der Waals surface area contributed by atoms with Gasteiger partial charge in [-0.3, -0.25) is 4.79 Å². The summed E-state index contributed by atoms with van der Waals surface area (Å²) in [7, 11) is 0. The van der Waals surface area contributed by atoms with Gasteiger partial charge in [-0.25, -0.2) is 8.78 Å². The van der Waals surface area contributed by atoms with E-state index in [2.05, 4.69) is 21.2 Å². The average molecular weight is 332 g/mol. The number of halogens is 3. The van der Waals surface area contributed by atoms with Gasteiger partial charge < -0.3 is 5.32 Å². The van der Waals surface area contributed by atoms with Gasteiger partial charge in [0, 0.05) is 6.42 Å². The topological polar surface area (TPSA) is 29.1 Å². The van der Waals surface area contributed by atoms with E-state index in [1.165, 1.54) is 6.07 Å². The lowest BCUT2D eigenvalue weighted by molar-refractivity contribution is 0.0963. The van der Waals surface area contributed by atoms with E-state index in [4.69, 9.17) is 0 Å². The largest absolute Gasteiger partial charge is 0.316 e. The molecule has 0 bridgehead atoms. The first kappa shape index (κ1) is 14.6. The fourth-order valence-corrected chi connectivity index (χ4v) is 2.74. The summed E-state index contributed by atoms with van der Waals surface area (Å²) in [5.41, 5.74) is -0.418. The molecule has 0 aliphatic carbocycles. The smallest absolute Gasteiger partial charge is 0.168 e. The zero-order valence-electron chi connectivity index (χ0n) is 10.5. The number of hydrogen-bond donors (Lipinski definition) is 1. The van der Waals surface area contributed by atoms with E-state index in [0.29, 0.717) is 12.3 Å². The molecule has 1 aromatic rings. The van der Waals surface area contributed by atoms with Gasteiger partial charge in [-0.1, -0.05) is 0 Å². The van der Waals surface area contributed by atoms with E-state index >= 15 is 0 Å². The first-order valence-corrected chi connectivity index (χ1v) is 7.26. The Balaban J connectivity index is 2.01. The molecular formula is C14H16BrF2NO. The minimum absolute atomic E-state index is 0.122. The summed E-state index contributed by atoms with van der Waals surface area (Å²) in [4.78, 5) is 12.0. The highest BCUT2D eigenvalue weighted by Crippen LogP contribution is 2.24. The molecule has 1 N–H and O–H groups in total. The van der Waals surface area contributed by atoms with Gasteiger partial charge in [0.2, 0.25) is 0 Å².